The van der Waals surface area contributed by atoms with Crippen molar-refractivity contribution in [2.24, 2.45) is 5.92 Å². The van der Waals surface area contributed by atoms with Crippen LogP contribution in [0.25, 0.3) is 0 Å². The van der Waals surface area contributed by atoms with Crippen LogP contribution >= 0.6 is 11.6 Å². The topological polar surface area (TPSA) is 20.2 Å². The Morgan fingerprint density at radius 2 is 2.00 bits per heavy atom. The van der Waals surface area contributed by atoms with Gasteiger partial charge in [-0.15, -0.1) is 0 Å². The second-order valence-corrected chi connectivity index (χ2v) is 4.66. The third-order valence-electron chi connectivity index (χ3n) is 3.35. The predicted octanol–water partition coefficient (Wildman–Crippen LogP) is 3.35. The van der Waals surface area contributed by atoms with Crippen molar-refractivity contribution in [3.05, 3.63) is 34.9 Å². The molecule has 1 saturated carbocycles. The molecule has 0 heterocycles. The Kier molecular flexibility index (Phi) is 2.54. The first-order valence-electron chi connectivity index (χ1n) is 5.11. The summed E-state index contributed by atoms with van der Waals surface area (Å²) >= 11 is 5.82. The standard InChI is InChI=1S/C12H15ClO/c1-9-3-2-8-12(9,14)10-4-6-11(13)7-5-10/h4-7,9,14H,2-3,8H2,1H3/t9-,12+/m0/s1. The van der Waals surface area contributed by atoms with Crippen molar-refractivity contribution in [2.45, 2.75) is 31.8 Å². The molecule has 76 valence electrons. The molecule has 0 saturated heterocycles. The molecule has 2 atom stereocenters. The maximum absolute atomic E-state index is 10.5. The van der Waals surface area contributed by atoms with Crippen LogP contribution in [-0.2, 0) is 5.60 Å². The Bertz CT molecular complexity index is 320. The number of aliphatic hydroxyl groups is 1. The summed E-state index contributed by atoms with van der Waals surface area (Å²) in [5, 5.41) is 11.2. The molecule has 0 unspecified atom stereocenters. The maximum Gasteiger partial charge on any atom is 0.0921 e. The van der Waals surface area contributed by atoms with Gasteiger partial charge in [-0.1, -0.05) is 30.7 Å². The lowest BCUT2D eigenvalue weighted by atomic mass is 9.85. The van der Waals surface area contributed by atoms with Crippen molar-refractivity contribution < 1.29 is 5.11 Å². The van der Waals surface area contributed by atoms with Gasteiger partial charge < -0.3 is 5.11 Å². The van der Waals surface area contributed by atoms with Crippen LogP contribution in [0, 0.1) is 5.92 Å². The third kappa shape index (κ3) is 1.55. The summed E-state index contributed by atoms with van der Waals surface area (Å²) in [6, 6.07) is 7.56. The molecule has 0 radical (unpaired) electrons. The number of rotatable bonds is 1. The fourth-order valence-electron chi connectivity index (χ4n) is 2.33. The number of hydrogen-bond donors (Lipinski definition) is 1. The van der Waals surface area contributed by atoms with Crippen molar-refractivity contribution in [3.63, 3.8) is 0 Å². The summed E-state index contributed by atoms with van der Waals surface area (Å²) in [6.45, 7) is 2.11. The minimum atomic E-state index is -0.620. The number of halogens is 1. The molecule has 1 aliphatic rings. The molecule has 1 aromatic carbocycles. The van der Waals surface area contributed by atoms with Gasteiger partial charge in [0.25, 0.3) is 0 Å². The van der Waals surface area contributed by atoms with Crippen LogP contribution in [0.5, 0.6) is 0 Å². The van der Waals surface area contributed by atoms with Crippen LogP contribution in [0.2, 0.25) is 5.02 Å². The number of hydrogen-bond acceptors (Lipinski definition) is 1. The van der Waals surface area contributed by atoms with Gasteiger partial charge in [-0.3, -0.25) is 0 Å². The molecule has 2 heteroatoms. The van der Waals surface area contributed by atoms with Gasteiger partial charge in [0.05, 0.1) is 5.60 Å². The summed E-state index contributed by atoms with van der Waals surface area (Å²) in [7, 11) is 0. The van der Waals surface area contributed by atoms with E-state index in [4.69, 9.17) is 11.6 Å². The Hall–Kier alpha value is -0.530. The Labute approximate surface area is 89.7 Å². The van der Waals surface area contributed by atoms with Gasteiger partial charge in [-0.25, -0.2) is 0 Å². The quantitative estimate of drug-likeness (QED) is 0.754. The summed E-state index contributed by atoms with van der Waals surface area (Å²) < 4.78 is 0. The van der Waals surface area contributed by atoms with E-state index in [0.717, 1.165) is 29.8 Å². The molecule has 1 aromatic rings. The van der Waals surface area contributed by atoms with E-state index in [0.29, 0.717) is 5.92 Å². The highest BCUT2D eigenvalue weighted by molar-refractivity contribution is 6.30. The lowest BCUT2D eigenvalue weighted by molar-refractivity contribution is 0.00449. The second kappa shape index (κ2) is 3.56. The van der Waals surface area contributed by atoms with Gasteiger partial charge in [0.1, 0.15) is 0 Å². The molecular formula is C12H15ClO. The minimum absolute atomic E-state index is 0.351. The van der Waals surface area contributed by atoms with Crippen molar-refractivity contribution in [1.29, 1.82) is 0 Å². The summed E-state index contributed by atoms with van der Waals surface area (Å²) in [5.74, 6) is 0.351. The van der Waals surface area contributed by atoms with E-state index in [1.165, 1.54) is 0 Å². The fourth-order valence-corrected chi connectivity index (χ4v) is 2.46. The first-order chi connectivity index (χ1) is 6.63. The highest BCUT2D eigenvalue weighted by atomic mass is 35.5. The van der Waals surface area contributed by atoms with Crippen molar-refractivity contribution in [2.75, 3.05) is 0 Å². The van der Waals surface area contributed by atoms with E-state index in [1.54, 1.807) is 0 Å². The van der Waals surface area contributed by atoms with Crippen LogP contribution in [0.15, 0.2) is 24.3 Å². The average molecular weight is 211 g/mol. The van der Waals surface area contributed by atoms with E-state index >= 15 is 0 Å². The molecular weight excluding hydrogens is 196 g/mol. The van der Waals surface area contributed by atoms with Gasteiger partial charge in [0, 0.05) is 5.02 Å². The number of benzene rings is 1. The molecule has 0 aliphatic heterocycles. The van der Waals surface area contributed by atoms with Crippen LogP contribution in [-0.4, -0.2) is 5.11 Å². The zero-order valence-corrected chi connectivity index (χ0v) is 9.09. The third-order valence-corrected chi connectivity index (χ3v) is 3.61. The van der Waals surface area contributed by atoms with Crippen molar-refractivity contribution in [3.8, 4) is 0 Å². The monoisotopic (exact) mass is 210 g/mol. The van der Waals surface area contributed by atoms with Gasteiger partial charge in [-0.2, -0.15) is 0 Å². The predicted molar refractivity (Wildman–Crippen MR) is 58.4 cm³/mol. The Morgan fingerprint density at radius 3 is 2.50 bits per heavy atom. The van der Waals surface area contributed by atoms with Gasteiger partial charge >= 0.3 is 0 Å². The van der Waals surface area contributed by atoms with E-state index < -0.39 is 5.60 Å². The molecule has 14 heavy (non-hydrogen) atoms. The highest BCUT2D eigenvalue weighted by Crippen LogP contribution is 2.43. The van der Waals surface area contributed by atoms with Gasteiger partial charge in [0.15, 0.2) is 0 Å². The SMILES string of the molecule is C[C@H]1CCC[C@]1(O)c1ccc(Cl)cc1. The Morgan fingerprint density at radius 1 is 1.36 bits per heavy atom. The normalized spacial score (nSPS) is 32.1. The first-order valence-corrected chi connectivity index (χ1v) is 5.49. The largest absolute Gasteiger partial charge is 0.385 e. The second-order valence-electron chi connectivity index (χ2n) is 4.22. The molecule has 2 rings (SSSR count). The van der Waals surface area contributed by atoms with Crippen LogP contribution < -0.4 is 0 Å². The zero-order valence-electron chi connectivity index (χ0n) is 8.33. The Balaban J connectivity index is 2.34. The summed E-state index contributed by atoms with van der Waals surface area (Å²) in [4.78, 5) is 0. The highest BCUT2D eigenvalue weighted by Gasteiger charge is 2.39. The van der Waals surface area contributed by atoms with E-state index in [2.05, 4.69) is 6.92 Å². The van der Waals surface area contributed by atoms with E-state index in [-0.39, 0.29) is 0 Å². The lowest BCUT2D eigenvalue weighted by Crippen LogP contribution is -2.28. The molecule has 0 spiro atoms. The molecule has 1 nitrogen and oxygen atoms in total. The van der Waals surface area contributed by atoms with Gasteiger partial charge in [-0.05, 0) is 42.9 Å². The molecule has 0 amide bonds. The van der Waals surface area contributed by atoms with E-state index in [9.17, 15) is 5.11 Å². The van der Waals surface area contributed by atoms with Gasteiger partial charge in [0.2, 0.25) is 0 Å². The first kappa shape index (κ1) is 10.0. The minimum Gasteiger partial charge on any atom is -0.385 e. The maximum atomic E-state index is 10.5. The van der Waals surface area contributed by atoms with Crippen molar-refractivity contribution in [1.82, 2.24) is 0 Å². The summed E-state index contributed by atoms with van der Waals surface area (Å²) in [6.07, 6.45) is 3.09. The molecule has 1 N–H and O–H groups in total. The average Bonchev–Trinajstić information content (AvgIpc) is 2.49. The van der Waals surface area contributed by atoms with E-state index in [1.807, 2.05) is 24.3 Å². The zero-order chi connectivity index (χ0) is 10.2. The fraction of sp³-hybridized carbons (Fsp3) is 0.500. The molecule has 1 aliphatic carbocycles. The summed E-state index contributed by atoms with van der Waals surface area (Å²) in [5.41, 5.74) is 0.386. The molecule has 1 fully saturated rings. The molecule has 0 bridgehead atoms. The lowest BCUT2D eigenvalue weighted by Gasteiger charge is -2.28. The van der Waals surface area contributed by atoms with Crippen LogP contribution in [0.1, 0.15) is 31.7 Å². The van der Waals surface area contributed by atoms with Crippen LogP contribution in [0.3, 0.4) is 0 Å². The smallest absolute Gasteiger partial charge is 0.0921 e. The van der Waals surface area contributed by atoms with Crippen LogP contribution in [0.4, 0.5) is 0 Å². The van der Waals surface area contributed by atoms with Crippen molar-refractivity contribution >= 4 is 11.6 Å². The molecule has 0 aromatic heterocycles.